The van der Waals surface area contributed by atoms with Crippen molar-refractivity contribution in [1.29, 1.82) is 0 Å². The minimum absolute atomic E-state index is 0.402. The molecule has 0 fully saturated rings. The molecule has 9 aromatic heterocycles. The quantitative estimate of drug-likeness (QED) is 0.0905. The van der Waals surface area contributed by atoms with Crippen LogP contribution in [0.25, 0.3) is 112 Å². The van der Waals surface area contributed by atoms with Crippen molar-refractivity contribution in [1.82, 2.24) is 49.3 Å². The maximum Gasteiger partial charge on any atom is 0.138 e. The van der Waals surface area contributed by atoms with Gasteiger partial charge >= 0.3 is 0 Å². The highest BCUT2D eigenvalue weighted by Crippen LogP contribution is 2.43. The Morgan fingerprint density at radius 3 is 1.77 bits per heavy atom. The fourth-order valence-corrected chi connectivity index (χ4v) is 11.4. The second-order valence-electron chi connectivity index (χ2n) is 19.8. The van der Waals surface area contributed by atoms with Crippen molar-refractivity contribution in [3.05, 3.63) is 279 Å². The highest BCUT2D eigenvalue weighted by Gasteiger charge is 2.25. The highest BCUT2D eigenvalue weighted by molar-refractivity contribution is 6.09. The van der Waals surface area contributed by atoms with E-state index in [0.29, 0.717) is 12.2 Å². The van der Waals surface area contributed by atoms with Gasteiger partial charge in [0.1, 0.15) is 11.6 Å². The number of nitrogens with two attached hydrogens (primary N) is 1. The van der Waals surface area contributed by atoms with Crippen LogP contribution >= 0.6 is 0 Å². The van der Waals surface area contributed by atoms with Gasteiger partial charge in [0.15, 0.2) is 0 Å². The summed E-state index contributed by atoms with van der Waals surface area (Å²) in [5.74, 6) is 1.14. The molecule has 0 saturated carbocycles. The van der Waals surface area contributed by atoms with E-state index in [9.17, 15) is 0 Å². The number of allylic oxidation sites excluding steroid dienone is 3. The topological polar surface area (TPSA) is 138 Å². The van der Waals surface area contributed by atoms with Gasteiger partial charge in [0.25, 0.3) is 0 Å². The number of benzene rings is 4. The summed E-state index contributed by atoms with van der Waals surface area (Å²) < 4.78 is 4.53. The average Bonchev–Trinajstić information content (AvgIpc) is 4.11. The Morgan fingerprint density at radius 1 is 0.512 bits per heavy atom. The first-order valence-electron chi connectivity index (χ1n) is 26.4. The molecule has 11 heteroatoms. The number of pyridine rings is 7. The van der Waals surface area contributed by atoms with E-state index in [-0.39, 0.29) is 0 Å². The largest absolute Gasteiger partial charge is 0.398 e. The summed E-state index contributed by atoms with van der Waals surface area (Å²) in [6, 6.07) is 56.9. The van der Waals surface area contributed by atoms with Gasteiger partial charge in [-0.2, -0.15) is 0 Å². The molecule has 0 saturated heterocycles. The number of hydrogen-bond acceptors (Lipinski definition) is 9. The molecule has 1 aliphatic heterocycles. The number of nitrogens with one attached hydrogen (secondary N) is 1. The smallest absolute Gasteiger partial charge is 0.138 e. The van der Waals surface area contributed by atoms with E-state index in [0.717, 1.165) is 123 Å². The molecule has 1 atom stereocenters. The van der Waals surface area contributed by atoms with Crippen LogP contribution in [0.2, 0.25) is 0 Å². The van der Waals surface area contributed by atoms with E-state index in [4.69, 9.17) is 20.7 Å². The molecule has 1 unspecified atom stereocenters. The van der Waals surface area contributed by atoms with Gasteiger partial charge in [-0.25, -0.2) is 9.97 Å². The third kappa shape index (κ3) is 8.55. The van der Waals surface area contributed by atoms with Gasteiger partial charge in [-0.3, -0.25) is 34.1 Å². The second kappa shape index (κ2) is 20.2. The molecule has 13 aromatic rings. The third-order valence-corrected chi connectivity index (χ3v) is 15.2. The van der Waals surface area contributed by atoms with Crippen LogP contribution in [0.3, 0.4) is 0 Å². The van der Waals surface area contributed by atoms with E-state index in [1.807, 2.05) is 117 Å². The van der Waals surface area contributed by atoms with Crippen molar-refractivity contribution in [2.24, 2.45) is 0 Å². The molecule has 14 rings (SSSR count). The van der Waals surface area contributed by atoms with Crippen LogP contribution in [0.1, 0.15) is 33.9 Å². The predicted molar refractivity (Wildman–Crippen MR) is 323 cm³/mol. The first-order valence-corrected chi connectivity index (χ1v) is 26.4. The second-order valence-corrected chi connectivity index (χ2v) is 19.8. The van der Waals surface area contributed by atoms with Crippen LogP contribution in [0.5, 0.6) is 0 Å². The molecule has 380 valence electrons. The molecule has 80 heavy (non-hydrogen) atoms. The highest BCUT2D eigenvalue weighted by atomic mass is 15.1. The van der Waals surface area contributed by atoms with Crippen LogP contribution in [-0.4, -0.2) is 44.0 Å². The Kier molecular flexibility index (Phi) is 12.0. The van der Waals surface area contributed by atoms with Crippen molar-refractivity contribution < 1.29 is 0 Å². The summed E-state index contributed by atoms with van der Waals surface area (Å²) in [5, 5.41) is 6.76. The maximum absolute atomic E-state index is 6.85. The molecule has 0 amide bonds. The van der Waals surface area contributed by atoms with Gasteiger partial charge in [0, 0.05) is 124 Å². The molecule has 10 heterocycles. The van der Waals surface area contributed by atoms with Crippen molar-refractivity contribution in [2.45, 2.75) is 12.5 Å². The number of hydrogen-bond donors (Lipinski definition) is 2. The predicted octanol–water partition coefficient (Wildman–Crippen LogP) is 14.9. The molecule has 1 aliphatic rings. The van der Waals surface area contributed by atoms with Gasteiger partial charge in [-0.1, -0.05) is 73.3 Å². The number of nitrogen functional groups attached to an aromatic ring is 1. The lowest BCUT2D eigenvalue weighted by Crippen LogP contribution is -2.11. The molecule has 0 spiro atoms. The van der Waals surface area contributed by atoms with Crippen LogP contribution in [-0.2, 0) is 6.54 Å². The molecular weight excluding hydrogens is 983 g/mol. The zero-order chi connectivity index (χ0) is 53.5. The maximum atomic E-state index is 6.85. The standard InChI is InChI=1S/C69H49N11/c1-2-44(45-15-24-71-25-16-45)36-57(53-21-30-74-41-58(53)54-9-3-6-12-61(54)70)50-33-51(62-37-48(46-17-26-72-27-18-46)39-68(77-62)79-64-13-7-4-10-55(64)59-42-75-31-22-66(59)79)35-52(34-50)63-38-49(47-19-28-73-29-20-47)40-69(78-63)80-65-14-8-5-11-56(65)60-43-76-32-23-67(60)80/h2-42,57,76H,1,43,70H2/b44-36+. The summed E-state index contributed by atoms with van der Waals surface area (Å²) in [4.78, 5) is 33.9. The molecule has 0 bridgehead atoms. The lowest BCUT2D eigenvalue weighted by molar-refractivity contribution is 0.853. The van der Waals surface area contributed by atoms with Crippen LogP contribution in [0.4, 0.5) is 5.69 Å². The minimum Gasteiger partial charge on any atom is -0.398 e. The van der Waals surface area contributed by atoms with E-state index in [1.54, 1.807) is 0 Å². The minimum atomic E-state index is -0.402. The number of nitrogens with zero attached hydrogens (tertiary/aromatic N) is 9. The first-order chi connectivity index (χ1) is 39.5. The molecule has 4 aromatic carbocycles. The van der Waals surface area contributed by atoms with E-state index in [2.05, 4.69) is 174 Å². The third-order valence-electron chi connectivity index (χ3n) is 15.2. The Morgan fingerprint density at radius 2 is 1.09 bits per heavy atom. The van der Waals surface area contributed by atoms with Crippen molar-refractivity contribution in [3.63, 3.8) is 0 Å². The van der Waals surface area contributed by atoms with Crippen LogP contribution < -0.4 is 11.1 Å². The fraction of sp³-hybridized carbons (Fsp3) is 0.0290. The van der Waals surface area contributed by atoms with Crippen LogP contribution in [0.15, 0.2) is 251 Å². The molecular formula is C69H49N11. The number of para-hydroxylation sites is 3. The van der Waals surface area contributed by atoms with Crippen molar-refractivity contribution in [2.75, 3.05) is 5.73 Å². The van der Waals surface area contributed by atoms with E-state index >= 15 is 0 Å². The Balaban J connectivity index is 1.08. The molecule has 0 radical (unpaired) electrons. The Labute approximate surface area is 461 Å². The number of fused-ring (bicyclic) bond motifs is 6. The van der Waals surface area contributed by atoms with E-state index < -0.39 is 5.92 Å². The number of aromatic nitrogens is 9. The zero-order valence-electron chi connectivity index (χ0n) is 43.3. The fourth-order valence-electron chi connectivity index (χ4n) is 11.4. The first kappa shape index (κ1) is 47.5. The molecule has 11 nitrogen and oxygen atoms in total. The van der Waals surface area contributed by atoms with Gasteiger partial charge < -0.3 is 11.1 Å². The SMILES string of the molecule is C=C/C(=C\C(c1cc(-c2cc(-c3ccncc3)cc(-n3c4c(c5ccccc53)CNC=C4)n2)cc(-c2cc(-c3ccncc3)cc(-n3c4ccccc4c4cnccc43)n2)c1)c1ccncc1-c1ccccc1N)c1ccncc1. The lowest BCUT2D eigenvalue weighted by atomic mass is 9.82. The summed E-state index contributed by atoms with van der Waals surface area (Å²) in [6.07, 6.45) is 26.9. The number of anilines is 1. The lowest BCUT2D eigenvalue weighted by Gasteiger charge is -2.22. The summed E-state index contributed by atoms with van der Waals surface area (Å²) in [6.45, 7) is 5.08. The van der Waals surface area contributed by atoms with E-state index in [1.165, 1.54) is 10.9 Å². The summed E-state index contributed by atoms with van der Waals surface area (Å²) >= 11 is 0. The molecule has 3 N–H and O–H groups in total. The van der Waals surface area contributed by atoms with Crippen molar-refractivity contribution in [3.8, 4) is 67.5 Å². The van der Waals surface area contributed by atoms with Crippen LogP contribution in [0, 0.1) is 0 Å². The van der Waals surface area contributed by atoms with Gasteiger partial charge in [-0.15, -0.1) is 0 Å². The average molecular weight is 1030 g/mol. The van der Waals surface area contributed by atoms with Crippen molar-refractivity contribution >= 4 is 50.0 Å². The van der Waals surface area contributed by atoms with Gasteiger partial charge in [-0.05, 0) is 166 Å². The zero-order valence-corrected chi connectivity index (χ0v) is 43.3. The Hall–Kier alpha value is -10.9. The van der Waals surface area contributed by atoms with Gasteiger partial charge in [0.05, 0.1) is 33.6 Å². The van der Waals surface area contributed by atoms with Gasteiger partial charge in [0.2, 0.25) is 0 Å². The normalized spacial score (nSPS) is 12.6. The number of rotatable bonds is 12. The summed E-state index contributed by atoms with van der Waals surface area (Å²) in [5.41, 5.74) is 25.8. The summed E-state index contributed by atoms with van der Waals surface area (Å²) in [7, 11) is 0. The monoisotopic (exact) mass is 1030 g/mol. The Bertz CT molecular complexity index is 4530. The molecule has 0 aliphatic carbocycles.